The van der Waals surface area contributed by atoms with E-state index in [0.717, 1.165) is 29.0 Å². The number of rotatable bonds is 5. The van der Waals surface area contributed by atoms with Crippen LogP contribution in [0.4, 0.5) is 11.4 Å². The molecule has 0 bridgehead atoms. The first-order chi connectivity index (χ1) is 12.7. The molecular formula is C20H25N3O3S. The van der Waals surface area contributed by atoms with Crippen LogP contribution >= 0.6 is 0 Å². The Labute approximate surface area is 160 Å². The van der Waals surface area contributed by atoms with E-state index in [1.165, 1.54) is 11.6 Å². The van der Waals surface area contributed by atoms with Gasteiger partial charge in [-0.3, -0.25) is 4.79 Å². The second-order valence-electron chi connectivity index (χ2n) is 6.94. The number of sulfonamides is 1. The van der Waals surface area contributed by atoms with E-state index in [1.54, 1.807) is 17.0 Å². The molecule has 0 unspecified atom stereocenters. The summed E-state index contributed by atoms with van der Waals surface area (Å²) >= 11 is 0. The van der Waals surface area contributed by atoms with Gasteiger partial charge in [0.2, 0.25) is 15.9 Å². The summed E-state index contributed by atoms with van der Waals surface area (Å²) in [7, 11) is -3.74. The molecule has 0 atom stereocenters. The highest BCUT2D eigenvalue weighted by atomic mass is 32.2. The number of primary sulfonamides is 1. The smallest absolute Gasteiger partial charge is 0.246 e. The van der Waals surface area contributed by atoms with Crippen molar-refractivity contribution in [3.8, 4) is 0 Å². The summed E-state index contributed by atoms with van der Waals surface area (Å²) in [6.45, 7) is 7.68. The van der Waals surface area contributed by atoms with Crippen LogP contribution in [0, 0.1) is 13.8 Å². The predicted molar refractivity (Wildman–Crippen MR) is 108 cm³/mol. The van der Waals surface area contributed by atoms with Gasteiger partial charge >= 0.3 is 0 Å². The summed E-state index contributed by atoms with van der Waals surface area (Å²) in [6, 6.07) is 10.9. The predicted octanol–water partition coefficient (Wildman–Crippen LogP) is 2.37. The van der Waals surface area contributed by atoms with Crippen LogP contribution in [0.5, 0.6) is 0 Å². The molecule has 1 aliphatic rings. The van der Waals surface area contributed by atoms with Crippen LogP contribution in [0.25, 0.3) is 0 Å². The fraction of sp³-hybridized carbons (Fsp3) is 0.350. The van der Waals surface area contributed by atoms with Gasteiger partial charge in [-0.15, -0.1) is 0 Å². The van der Waals surface area contributed by atoms with Crippen molar-refractivity contribution >= 4 is 27.3 Å². The number of nitrogens with zero attached hydrogens (tertiary/aromatic N) is 2. The lowest BCUT2D eigenvalue weighted by molar-refractivity contribution is -0.117. The van der Waals surface area contributed by atoms with Crippen molar-refractivity contribution in [2.24, 2.45) is 5.14 Å². The van der Waals surface area contributed by atoms with Crippen LogP contribution in [-0.4, -0.2) is 34.0 Å². The lowest BCUT2D eigenvalue weighted by Gasteiger charge is -2.27. The Balaban J connectivity index is 1.81. The first-order valence-electron chi connectivity index (χ1n) is 8.99. The van der Waals surface area contributed by atoms with Gasteiger partial charge in [-0.05, 0) is 62.6 Å². The maximum absolute atomic E-state index is 13.0. The Morgan fingerprint density at radius 3 is 2.56 bits per heavy atom. The topological polar surface area (TPSA) is 83.7 Å². The van der Waals surface area contributed by atoms with Crippen molar-refractivity contribution in [1.82, 2.24) is 0 Å². The van der Waals surface area contributed by atoms with Gasteiger partial charge in [-0.1, -0.05) is 17.7 Å². The Kier molecular flexibility index (Phi) is 5.26. The van der Waals surface area contributed by atoms with E-state index in [4.69, 9.17) is 5.14 Å². The maximum Gasteiger partial charge on any atom is 0.246 e. The molecule has 2 aromatic rings. The number of amides is 1. The average molecular weight is 388 g/mol. The van der Waals surface area contributed by atoms with Crippen LogP contribution in [0.3, 0.4) is 0 Å². The standard InChI is InChI=1S/C20H25N3O3S/c1-4-22(18-7-5-14(2)11-15(18)3)13-20(24)23-10-9-16-12-17(27(21,25)26)6-8-19(16)23/h5-8,11-12H,4,9-10,13H2,1-3H3,(H2,21,25,26). The number of aryl methyl sites for hydroxylation is 2. The van der Waals surface area contributed by atoms with Crippen LogP contribution in [-0.2, 0) is 21.2 Å². The molecule has 0 saturated heterocycles. The summed E-state index contributed by atoms with van der Waals surface area (Å²) in [5.41, 5.74) is 5.00. The molecule has 2 N–H and O–H groups in total. The first-order valence-corrected chi connectivity index (χ1v) is 10.5. The zero-order chi connectivity index (χ0) is 19.8. The van der Waals surface area contributed by atoms with E-state index in [0.29, 0.717) is 13.0 Å². The number of fused-ring (bicyclic) bond motifs is 1. The van der Waals surface area contributed by atoms with Crippen LogP contribution < -0.4 is 14.9 Å². The largest absolute Gasteiger partial charge is 0.362 e. The SMILES string of the molecule is CCN(CC(=O)N1CCc2cc(S(N)(=O)=O)ccc21)c1ccc(C)cc1C. The van der Waals surface area contributed by atoms with E-state index in [-0.39, 0.29) is 17.3 Å². The van der Waals surface area contributed by atoms with Crippen LogP contribution in [0.2, 0.25) is 0 Å². The summed E-state index contributed by atoms with van der Waals surface area (Å²) in [5, 5.41) is 5.20. The highest BCUT2D eigenvalue weighted by Crippen LogP contribution is 2.30. The number of hydrogen-bond donors (Lipinski definition) is 1. The molecule has 0 spiro atoms. The molecule has 0 aromatic heterocycles. The normalized spacial score (nSPS) is 13.6. The van der Waals surface area contributed by atoms with Gasteiger partial charge in [0.25, 0.3) is 0 Å². The van der Waals surface area contributed by atoms with E-state index in [9.17, 15) is 13.2 Å². The minimum Gasteiger partial charge on any atom is -0.362 e. The van der Waals surface area contributed by atoms with Gasteiger partial charge in [0.15, 0.2) is 0 Å². The minimum absolute atomic E-state index is 0.000990. The van der Waals surface area contributed by atoms with Gasteiger partial charge in [0.05, 0.1) is 11.4 Å². The first kappa shape index (κ1) is 19.4. The van der Waals surface area contributed by atoms with E-state index < -0.39 is 10.0 Å². The number of benzene rings is 2. The Morgan fingerprint density at radius 2 is 1.93 bits per heavy atom. The van der Waals surface area contributed by atoms with Crippen molar-refractivity contribution in [3.05, 3.63) is 53.1 Å². The molecular weight excluding hydrogens is 362 g/mol. The van der Waals surface area contributed by atoms with Crippen molar-refractivity contribution in [2.75, 3.05) is 29.4 Å². The number of likely N-dealkylation sites (N-methyl/N-ethyl adjacent to an activating group) is 1. The zero-order valence-electron chi connectivity index (χ0n) is 15.9. The molecule has 0 fully saturated rings. The lowest BCUT2D eigenvalue weighted by atomic mass is 10.1. The average Bonchev–Trinajstić information content (AvgIpc) is 3.02. The van der Waals surface area contributed by atoms with Gasteiger partial charge in [0, 0.05) is 24.5 Å². The third-order valence-corrected chi connectivity index (χ3v) is 5.89. The molecule has 144 valence electrons. The number of anilines is 2. The molecule has 0 aliphatic carbocycles. The van der Waals surface area contributed by atoms with Crippen molar-refractivity contribution in [2.45, 2.75) is 32.1 Å². The van der Waals surface area contributed by atoms with E-state index >= 15 is 0 Å². The summed E-state index contributed by atoms with van der Waals surface area (Å²) in [4.78, 5) is 16.8. The number of carbonyl (C=O) groups is 1. The molecule has 1 amide bonds. The Bertz CT molecular complexity index is 986. The lowest BCUT2D eigenvalue weighted by Crippen LogP contribution is -2.40. The molecule has 27 heavy (non-hydrogen) atoms. The van der Waals surface area contributed by atoms with Crippen molar-refractivity contribution in [1.29, 1.82) is 0 Å². The van der Waals surface area contributed by atoms with E-state index in [1.807, 2.05) is 6.92 Å². The fourth-order valence-corrected chi connectivity index (χ4v) is 4.15. The highest BCUT2D eigenvalue weighted by molar-refractivity contribution is 7.89. The second kappa shape index (κ2) is 7.32. The van der Waals surface area contributed by atoms with Crippen molar-refractivity contribution < 1.29 is 13.2 Å². The van der Waals surface area contributed by atoms with Crippen LogP contribution in [0.1, 0.15) is 23.6 Å². The number of nitrogens with two attached hydrogens (primary N) is 1. The van der Waals surface area contributed by atoms with Crippen molar-refractivity contribution in [3.63, 3.8) is 0 Å². The van der Waals surface area contributed by atoms with Gasteiger partial charge in [-0.2, -0.15) is 0 Å². The number of carbonyl (C=O) groups excluding carboxylic acids is 1. The maximum atomic E-state index is 13.0. The van der Waals surface area contributed by atoms with E-state index in [2.05, 4.69) is 36.9 Å². The summed E-state index contributed by atoms with van der Waals surface area (Å²) < 4.78 is 23.1. The highest BCUT2D eigenvalue weighted by Gasteiger charge is 2.27. The van der Waals surface area contributed by atoms with Crippen LogP contribution in [0.15, 0.2) is 41.3 Å². The van der Waals surface area contributed by atoms with Gasteiger partial charge < -0.3 is 9.80 Å². The summed E-state index contributed by atoms with van der Waals surface area (Å²) in [6.07, 6.45) is 0.625. The summed E-state index contributed by atoms with van der Waals surface area (Å²) in [5.74, 6) is -0.000990. The quantitative estimate of drug-likeness (QED) is 0.854. The monoisotopic (exact) mass is 387 g/mol. The Morgan fingerprint density at radius 1 is 1.19 bits per heavy atom. The Hall–Kier alpha value is -2.38. The molecule has 3 rings (SSSR count). The zero-order valence-corrected chi connectivity index (χ0v) is 16.7. The third-order valence-electron chi connectivity index (χ3n) is 4.98. The molecule has 1 aliphatic heterocycles. The molecule has 2 aromatic carbocycles. The number of hydrogen-bond acceptors (Lipinski definition) is 4. The molecule has 7 heteroatoms. The fourth-order valence-electron chi connectivity index (χ4n) is 3.59. The molecule has 0 radical (unpaired) electrons. The second-order valence-corrected chi connectivity index (χ2v) is 8.50. The molecule has 0 saturated carbocycles. The minimum atomic E-state index is -3.74. The molecule has 1 heterocycles. The third kappa shape index (κ3) is 3.99. The van der Waals surface area contributed by atoms with Gasteiger partial charge in [-0.25, -0.2) is 13.6 Å². The van der Waals surface area contributed by atoms with Gasteiger partial charge in [0.1, 0.15) is 0 Å². The molecule has 6 nitrogen and oxygen atoms in total.